The van der Waals surface area contributed by atoms with Crippen LogP contribution in [-0.2, 0) is 18.6 Å². The van der Waals surface area contributed by atoms with Gasteiger partial charge in [-0.05, 0) is 139 Å². The van der Waals surface area contributed by atoms with Crippen LogP contribution >= 0.6 is 0 Å². The summed E-state index contributed by atoms with van der Waals surface area (Å²) in [6, 6.07) is 33.6. The molecule has 0 N–H and O–H groups in total. The van der Waals surface area contributed by atoms with Gasteiger partial charge in [-0.15, -0.1) is 0 Å². The molecule has 2 fully saturated rings. The lowest BCUT2D eigenvalue weighted by Crippen LogP contribution is -2.41. The molecular weight excluding hydrogens is 614 g/mol. The van der Waals surface area contributed by atoms with E-state index in [1.165, 1.54) is 44.5 Å². The molecule has 0 spiro atoms. The van der Waals surface area contributed by atoms with Gasteiger partial charge in [0.05, 0.1) is 22.4 Å². The van der Waals surface area contributed by atoms with E-state index in [2.05, 4.69) is 192 Å². The molecule has 260 valence electrons. The smallest absolute Gasteiger partial charge is 0.399 e. The summed E-state index contributed by atoms with van der Waals surface area (Å²) >= 11 is 0. The van der Waals surface area contributed by atoms with Crippen molar-refractivity contribution < 1.29 is 18.6 Å². The molecule has 50 heavy (non-hydrogen) atoms. The molecule has 2 aliphatic heterocycles. The maximum atomic E-state index is 6.36. The van der Waals surface area contributed by atoms with Crippen molar-refractivity contribution in [1.82, 2.24) is 0 Å². The molecule has 0 unspecified atom stereocenters. The summed E-state index contributed by atoms with van der Waals surface area (Å²) in [5.74, 6) is 0. The molecule has 6 rings (SSSR count). The van der Waals surface area contributed by atoms with Crippen molar-refractivity contribution in [1.29, 1.82) is 0 Å². The minimum atomic E-state index is -0.384. The molecule has 0 aliphatic carbocycles. The van der Waals surface area contributed by atoms with Gasteiger partial charge in [0.2, 0.25) is 0 Å². The zero-order valence-electron chi connectivity index (χ0n) is 32.2. The summed E-state index contributed by atoms with van der Waals surface area (Å²) in [5.41, 5.74) is 10.4. The summed E-state index contributed by atoms with van der Waals surface area (Å²) in [4.78, 5) is 0. The lowest BCUT2D eigenvalue weighted by atomic mass is 9.72. The number of benzene rings is 4. The van der Waals surface area contributed by atoms with E-state index < -0.39 is 0 Å². The molecule has 4 aromatic carbocycles. The van der Waals surface area contributed by atoms with Crippen LogP contribution < -0.4 is 0 Å². The fourth-order valence-electron chi connectivity index (χ4n) is 6.11. The SMILES string of the molecule is Cc1ccccc1/C=C(/B1OC(C)(C)C(C)(C)O1)c1ccccc1C.Cc1ccccc1/C=C(/B1OC(C)(C)C(C)(C)O1)c1ccccc1C. The van der Waals surface area contributed by atoms with Crippen molar-refractivity contribution in [2.45, 2.75) is 105 Å². The van der Waals surface area contributed by atoms with Crippen LogP contribution in [0.25, 0.3) is 23.1 Å². The van der Waals surface area contributed by atoms with Gasteiger partial charge in [-0.2, -0.15) is 0 Å². The van der Waals surface area contributed by atoms with Crippen LogP contribution in [0.2, 0.25) is 0 Å². The van der Waals surface area contributed by atoms with Crippen LogP contribution in [0.3, 0.4) is 0 Å². The standard InChI is InChI=1S/2C22H27BO2/c2*1-16-11-7-9-13-18(16)15-20(19-14-10-8-12-17(19)2)23-24-21(3,4)22(5,6)25-23/h2*7-15H,1-6H3/b2*20-15+. The first-order valence-electron chi connectivity index (χ1n) is 17.8. The van der Waals surface area contributed by atoms with E-state index in [9.17, 15) is 0 Å². The number of rotatable bonds is 6. The molecule has 0 radical (unpaired) electrons. The molecule has 0 aromatic heterocycles. The second kappa shape index (κ2) is 14.5. The molecule has 0 saturated carbocycles. The maximum Gasteiger partial charge on any atom is 0.495 e. The van der Waals surface area contributed by atoms with Gasteiger partial charge in [-0.1, -0.05) is 109 Å². The Labute approximate surface area is 302 Å². The molecule has 2 aliphatic rings. The second-order valence-corrected chi connectivity index (χ2v) is 15.7. The molecule has 0 amide bonds. The molecular formula is C44H54B2O4. The van der Waals surface area contributed by atoms with Gasteiger partial charge in [0.1, 0.15) is 0 Å². The normalized spacial score (nSPS) is 19.3. The first-order valence-corrected chi connectivity index (χ1v) is 17.8. The van der Waals surface area contributed by atoms with Crippen LogP contribution in [0.5, 0.6) is 0 Å². The van der Waals surface area contributed by atoms with E-state index in [1.54, 1.807) is 0 Å². The summed E-state index contributed by atoms with van der Waals surface area (Å²) < 4.78 is 25.4. The third kappa shape index (κ3) is 7.95. The highest BCUT2D eigenvalue weighted by Gasteiger charge is 2.53. The lowest BCUT2D eigenvalue weighted by molar-refractivity contribution is 0.00578. The third-order valence-electron chi connectivity index (χ3n) is 10.9. The number of aryl methyl sites for hydroxylation is 4. The van der Waals surface area contributed by atoms with Crippen LogP contribution in [0.4, 0.5) is 0 Å². The highest BCUT2D eigenvalue weighted by atomic mass is 16.7. The average Bonchev–Trinajstić information content (AvgIpc) is 3.40. The summed E-state index contributed by atoms with van der Waals surface area (Å²) in [6.45, 7) is 25.3. The van der Waals surface area contributed by atoms with E-state index in [-0.39, 0.29) is 36.6 Å². The quantitative estimate of drug-likeness (QED) is 0.151. The highest BCUT2D eigenvalue weighted by molar-refractivity contribution is 6.71. The molecule has 4 nitrogen and oxygen atoms in total. The van der Waals surface area contributed by atoms with Crippen LogP contribution in [0, 0.1) is 27.7 Å². The summed E-state index contributed by atoms with van der Waals surface area (Å²) in [5, 5.41) is 0. The second-order valence-electron chi connectivity index (χ2n) is 15.7. The molecule has 0 bridgehead atoms. The number of hydrogen-bond donors (Lipinski definition) is 0. The molecule has 2 saturated heterocycles. The van der Waals surface area contributed by atoms with Crippen molar-refractivity contribution in [3.8, 4) is 0 Å². The topological polar surface area (TPSA) is 36.9 Å². The van der Waals surface area contributed by atoms with Crippen molar-refractivity contribution >= 4 is 37.3 Å². The zero-order valence-corrected chi connectivity index (χ0v) is 32.2. The Kier molecular flexibility index (Phi) is 10.9. The Hall–Kier alpha value is -3.67. The van der Waals surface area contributed by atoms with E-state index in [4.69, 9.17) is 18.6 Å². The Morgan fingerprint density at radius 1 is 0.400 bits per heavy atom. The third-order valence-corrected chi connectivity index (χ3v) is 10.9. The fourth-order valence-corrected chi connectivity index (χ4v) is 6.11. The Morgan fingerprint density at radius 2 is 0.660 bits per heavy atom. The monoisotopic (exact) mass is 668 g/mol. The van der Waals surface area contributed by atoms with Crippen LogP contribution in [0.15, 0.2) is 97.1 Å². The van der Waals surface area contributed by atoms with E-state index in [1.807, 2.05) is 0 Å². The van der Waals surface area contributed by atoms with Gasteiger partial charge >= 0.3 is 14.2 Å². The van der Waals surface area contributed by atoms with Gasteiger partial charge in [0.15, 0.2) is 0 Å². The van der Waals surface area contributed by atoms with Crippen molar-refractivity contribution in [3.63, 3.8) is 0 Å². The molecule has 6 heteroatoms. The Balaban J connectivity index is 0.000000194. The van der Waals surface area contributed by atoms with Crippen molar-refractivity contribution in [2.24, 2.45) is 0 Å². The average molecular weight is 669 g/mol. The first kappa shape index (κ1) is 37.6. The van der Waals surface area contributed by atoms with Crippen molar-refractivity contribution in [2.75, 3.05) is 0 Å². The van der Waals surface area contributed by atoms with E-state index >= 15 is 0 Å². The van der Waals surface area contributed by atoms with Crippen molar-refractivity contribution in [3.05, 3.63) is 142 Å². The van der Waals surface area contributed by atoms with Crippen LogP contribution in [0.1, 0.15) is 99.9 Å². The molecule has 2 heterocycles. The van der Waals surface area contributed by atoms with Gasteiger partial charge in [0.25, 0.3) is 0 Å². The predicted octanol–water partition coefficient (Wildman–Crippen LogP) is 11.0. The Bertz CT molecular complexity index is 1720. The molecule has 0 atom stereocenters. The highest BCUT2D eigenvalue weighted by Crippen LogP contribution is 2.43. The summed E-state index contributed by atoms with van der Waals surface area (Å²) in [7, 11) is -0.767. The maximum absolute atomic E-state index is 6.36. The minimum absolute atomic E-state index is 0.356. The number of hydrogen-bond acceptors (Lipinski definition) is 4. The van der Waals surface area contributed by atoms with E-state index in [0.717, 1.165) is 10.9 Å². The fraction of sp³-hybridized carbons (Fsp3) is 0.364. The minimum Gasteiger partial charge on any atom is -0.399 e. The largest absolute Gasteiger partial charge is 0.495 e. The lowest BCUT2D eigenvalue weighted by Gasteiger charge is -2.32. The van der Waals surface area contributed by atoms with Gasteiger partial charge in [0, 0.05) is 0 Å². The van der Waals surface area contributed by atoms with Gasteiger partial charge < -0.3 is 18.6 Å². The molecule has 4 aromatic rings. The van der Waals surface area contributed by atoms with E-state index in [0.29, 0.717) is 0 Å². The van der Waals surface area contributed by atoms with Gasteiger partial charge in [-0.25, -0.2) is 0 Å². The van der Waals surface area contributed by atoms with Gasteiger partial charge in [-0.3, -0.25) is 0 Å². The zero-order chi connectivity index (χ0) is 36.5. The predicted molar refractivity (Wildman–Crippen MR) is 213 cm³/mol. The Morgan fingerprint density at radius 3 is 0.940 bits per heavy atom. The first-order chi connectivity index (χ1) is 23.4. The summed E-state index contributed by atoms with van der Waals surface area (Å²) in [6.07, 6.45) is 4.42. The van der Waals surface area contributed by atoms with Crippen LogP contribution in [-0.4, -0.2) is 36.6 Å².